The quantitative estimate of drug-likeness (QED) is 0.593. The highest BCUT2D eigenvalue weighted by molar-refractivity contribution is 5.87. The number of amides is 3. The van der Waals surface area contributed by atoms with E-state index in [9.17, 15) is 14.4 Å². The number of hydrogen-bond donors (Lipinski definition) is 3. The minimum absolute atomic E-state index is 0.276. The second-order valence-electron chi connectivity index (χ2n) is 4.92. The second-order valence-corrected chi connectivity index (χ2v) is 4.92. The normalized spacial score (nSPS) is 9.50. The van der Waals surface area contributed by atoms with Gasteiger partial charge in [0.25, 0.3) is 0 Å². The van der Waals surface area contributed by atoms with Crippen molar-refractivity contribution >= 4 is 17.7 Å². The van der Waals surface area contributed by atoms with E-state index in [0.29, 0.717) is 19.6 Å². The molecule has 1 aromatic rings. The largest absolute Gasteiger partial charge is 0.348 e. The van der Waals surface area contributed by atoms with Crippen LogP contribution < -0.4 is 16.0 Å². The molecular weight excluding hydrogens is 306 g/mol. The van der Waals surface area contributed by atoms with Crippen molar-refractivity contribution < 1.29 is 14.4 Å². The van der Waals surface area contributed by atoms with Crippen LogP contribution in [0.25, 0.3) is 0 Å². The third-order valence-electron chi connectivity index (χ3n) is 3.07. The SMILES string of the molecule is C=CC(=O)NCc1cc(CNC(=O)C=C)cc(CNC(=O)C=C)c1. The van der Waals surface area contributed by atoms with Crippen LogP contribution in [0.1, 0.15) is 16.7 Å². The average Bonchev–Trinajstić information content (AvgIpc) is 2.61. The maximum atomic E-state index is 11.3. The molecule has 6 nitrogen and oxygen atoms in total. The standard InChI is InChI=1S/C18H21N3O3/c1-4-16(22)19-10-13-7-14(11-20-17(23)5-2)9-15(8-13)12-21-18(24)6-3/h4-9H,1-3,10-12H2,(H,19,22)(H,20,23)(H,21,24). The van der Waals surface area contributed by atoms with Gasteiger partial charge in [-0.2, -0.15) is 0 Å². The van der Waals surface area contributed by atoms with Crippen LogP contribution in [0, 0.1) is 0 Å². The Labute approximate surface area is 141 Å². The van der Waals surface area contributed by atoms with Crippen LogP contribution in [0.3, 0.4) is 0 Å². The zero-order chi connectivity index (χ0) is 17.9. The first-order chi connectivity index (χ1) is 11.5. The Morgan fingerprint density at radius 3 is 1.12 bits per heavy atom. The van der Waals surface area contributed by atoms with E-state index in [0.717, 1.165) is 16.7 Å². The summed E-state index contributed by atoms with van der Waals surface area (Å²) in [6.45, 7) is 11.1. The maximum Gasteiger partial charge on any atom is 0.243 e. The summed E-state index contributed by atoms with van der Waals surface area (Å²) in [6.07, 6.45) is 3.58. The van der Waals surface area contributed by atoms with Gasteiger partial charge in [0.15, 0.2) is 0 Å². The highest BCUT2D eigenvalue weighted by Crippen LogP contribution is 2.11. The van der Waals surface area contributed by atoms with E-state index in [1.54, 1.807) is 0 Å². The molecule has 0 saturated carbocycles. The molecule has 1 aromatic carbocycles. The van der Waals surface area contributed by atoms with Gasteiger partial charge in [0, 0.05) is 19.6 Å². The van der Waals surface area contributed by atoms with Crippen molar-refractivity contribution in [3.8, 4) is 0 Å². The minimum Gasteiger partial charge on any atom is -0.348 e. The van der Waals surface area contributed by atoms with Crippen molar-refractivity contribution in [2.75, 3.05) is 0 Å². The lowest BCUT2D eigenvalue weighted by Crippen LogP contribution is -2.23. The van der Waals surface area contributed by atoms with E-state index in [2.05, 4.69) is 35.7 Å². The van der Waals surface area contributed by atoms with Crippen molar-refractivity contribution in [1.82, 2.24) is 16.0 Å². The fourth-order valence-electron chi connectivity index (χ4n) is 1.93. The number of benzene rings is 1. The molecule has 0 bridgehead atoms. The molecule has 126 valence electrons. The predicted molar refractivity (Wildman–Crippen MR) is 92.6 cm³/mol. The predicted octanol–water partition coefficient (Wildman–Crippen LogP) is 1.09. The van der Waals surface area contributed by atoms with Crippen molar-refractivity contribution in [2.45, 2.75) is 19.6 Å². The van der Waals surface area contributed by atoms with Crippen LogP contribution >= 0.6 is 0 Å². The van der Waals surface area contributed by atoms with Crippen LogP contribution in [-0.2, 0) is 34.0 Å². The Hall–Kier alpha value is -3.15. The van der Waals surface area contributed by atoms with Crippen LogP contribution in [0.5, 0.6) is 0 Å². The molecule has 0 fully saturated rings. The van der Waals surface area contributed by atoms with Crippen LogP contribution in [0.15, 0.2) is 56.2 Å². The van der Waals surface area contributed by atoms with Crippen molar-refractivity contribution in [1.29, 1.82) is 0 Å². The molecule has 3 amide bonds. The van der Waals surface area contributed by atoms with Gasteiger partial charge in [-0.15, -0.1) is 0 Å². The Morgan fingerprint density at radius 1 is 0.667 bits per heavy atom. The van der Waals surface area contributed by atoms with Gasteiger partial charge >= 0.3 is 0 Å². The van der Waals surface area contributed by atoms with Crippen molar-refractivity contribution in [3.05, 3.63) is 72.9 Å². The summed E-state index contributed by atoms with van der Waals surface area (Å²) in [5.41, 5.74) is 2.54. The maximum absolute atomic E-state index is 11.3. The lowest BCUT2D eigenvalue weighted by Gasteiger charge is -2.11. The molecule has 6 heteroatoms. The first-order valence-corrected chi connectivity index (χ1v) is 7.31. The minimum atomic E-state index is -0.276. The molecule has 0 atom stereocenters. The van der Waals surface area contributed by atoms with Gasteiger partial charge in [-0.05, 0) is 34.9 Å². The van der Waals surface area contributed by atoms with E-state index in [-0.39, 0.29) is 17.7 Å². The summed E-state index contributed by atoms with van der Waals surface area (Å²) in [7, 11) is 0. The monoisotopic (exact) mass is 327 g/mol. The van der Waals surface area contributed by atoms with Gasteiger partial charge in [0.2, 0.25) is 17.7 Å². The fraction of sp³-hybridized carbons (Fsp3) is 0.167. The number of hydrogen-bond acceptors (Lipinski definition) is 3. The molecule has 0 aliphatic rings. The molecule has 0 aliphatic heterocycles. The number of carbonyl (C=O) groups excluding carboxylic acids is 3. The van der Waals surface area contributed by atoms with Gasteiger partial charge in [0.1, 0.15) is 0 Å². The van der Waals surface area contributed by atoms with Gasteiger partial charge in [-0.1, -0.05) is 37.9 Å². The molecule has 0 aromatic heterocycles. The van der Waals surface area contributed by atoms with Crippen LogP contribution in [0.4, 0.5) is 0 Å². The second kappa shape index (κ2) is 9.78. The van der Waals surface area contributed by atoms with Crippen LogP contribution in [-0.4, -0.2) is 17.7 Å². The number of nitrogens with one attached hydrogen (secondary N) is 3. The Morgan fingerprint density at radius 2 is 0.917 bits per heavy atom. The van der Waals surface area contributed by atoms with Gasteiger partial charge in [-0.3, -0.25) is 14.4 Å². The van der Waals surface area contributed by atoms with Crippen LogP contribution in [0.2, 0.25) is 0 Å². The fourth-order valence-corrected chi connectivity index (χ4v) is 1.93. The lowest BCUT2D eigenvalue weighted by molar-refractivity contribution is -0.117. The molecule has 0 aliphatic carbocycles. The first-order valence-electron chi connectivity index (χ1n) is 7.31. The third-order valence-corrected chi connectivity index (χ3v) is 3.07. The van der Waals surface area contributed by atoms with E-state index in [4.69, 9.17) is 0 Å². The first kappa shape index (κ1) is 18.9. The highest BCUT2D eigenvalue weighted by Gasteiger charge is 2.05. The summed E-state index contributed by atoms with van der Waals surface area (Å²) in [4.78, 5) is 33.9. The van der Waals surface area contributed by atoms with E-state index < -0.39 is 0 Å². The van der Waals surface area contributed by atoms with Crippen molar-refractivity contribution in [3.63, 3.8) is 0 Å². The Bertz CT molecular complexity index is 563. The summed E-state index contributed by atoms with van der Waals surface area (Å²) in [5.74, 6) is -0.828. The summed E-state index contributed by atoms with van der Waals surface area (Å²) >= 11 is 0. The lowest BCUT2D eigenvalue weighted by atomic mass is 10.0. The third kappa shape index (κ3) is 6.74. The van der Waals surface area contributed by atoms with Gasteiger partial charge in [-0.25, -0.2) is 0 Å². The number of carbonyl (C=O) groups is 3. The van der Waals surface area contributed by atoms with E-state index in [1.807, 2.05) is 18.2 Å². The molecule has 1 rings (SSSR count). The molecule has 3 N–H and O–H groups in total. The molecule has 0 spiro atoms. The van der Waals surface area contributed by atoms with Gasteiger partial charge in [0.05, 0.1) is 0 Å². The molecule has 24 heavy (non-hydrogen) atoms. The summed E-state index contributed by atoms with van der Waals surface area (Å²) in [5, 5.41) is 8.07. The van der Waals surface area contributed by atoms with Gasteiger partial charge < -0.3 is 16.0 Å². The molecule has 0 saturated heterocycles. The zero-order valence-electron chi connectivity index (χ0n) is 13.4. The Kier molecular flexibility index (Phi) is 7.70. The number of rotatable bonds is 9. The smallest absolute Gasteiger partial charge is 0.243 e. The molecule has 0 heterocycles. The van der Waals surface area contributed by atoms with Crippen molar-refractivity contribution in [2.24, 2.45) is 0 Å². The molecule has 0 radical (unpaired) electrons. The summed E-state index contributed by atoms with van der Waals surface area (Å²) < 4.78 is 0. The highest BCUT2D eigenvalue weighted by atomic mass is 16.2. The molecule has 0 unspecified atom stereocenters. The zero-order valence-corrected chi connectivity index (χ0v) is 13.4. The Balaban J connectivity index is 2.90. The average molecular weight is 327 g/mol. The topological polar surface area (TPSA) is 87.3 Å². The van der Waals surface area contributed by atoms with E-state index in [1.165, 1.54) is 18.2 Å². The summed E-state index contributed by atoms with van der Waals surface area (Å²) in [6, 6.07) is 5.60. The molecular formula is C18H21N3O3. The van der Waals surface area contributed by atoms with E-state index >= 15 is 0 Å².